The second-order valence-electron chi connectivity index (χ2n) is 3.14. The van der Waals surface area contributed by atoms with E-state index < -0.39 is 0 Å². The zero-order valence-electron chi connectivity index (χ0n) is 8.80. The lowest BCUT2D eigenvalue weighted by Crippen LogP contribution is -1.98. The van der Waals surface area contributed by atoms with Crippen LogP contribution >= 0.6 is 15.9 Å². The van der Waals surface area contributed by atoms with Crippen LogP contribution in [0.15, 0.2) is 12.2 Å². The molecule has 0 aliphatic heterocycles. The molecule has 0 radical (unpaired) electrons. The van der Waals surface area contributed by atoms with Crippen molar-refractivity contribution in [3.63, 3.8) is 0 Å². The van der Waals surface area contributed by atoms with Gasteiger partial charge in [-0.1, -0.05) is 34.5 Å². The van der Waals surface area contributed by atoms with Crippen molar-refractivity contribution >= 4 is 21.9 Å². The van der Waals surface area contributed by atoms with Crippen molar-refractivity contribution in [2.24, 2.45) is 0 Å². The number of carbonyl (C=O) groups excluding carboxylic acids is 1. The van der Waals surface area contributed by atoms with E-state index in [4.69, 9.17) is 4.74 Å². The van der Waals surface area contributed by atoms with Crippen LogP contribution in [0.1, 0.15) is 39.0 Å². The second-order valence-corrected chi connectivity index (χ2v) is 3.93. The number of esters is 1. The average molecular weight is 263 g/mol. The van der Waals surface area contributed by atoms with Gasteiger partial charge in [-0.15, -0.1) is 0 Å². The van der Waals surface area contributed by atoms with Crippen LogP contribution in [-0.4, -0.2) is 17.9 Å². The molecule has 0 heterocycles. The molecule has 0 amide bonds. The minimum absolute atomic E-state index is 0.198. The van der Waals surface area contributed by atoms with E-state index in [2.05, 4.69) is 28.1 Å². The highest BCUT2D eigenvalue weighted by Gasteiger charge is 1.89. The zero-order chi connectivity index (χ0) is 10.6. The minimum atomic E-state index is -0.198. The number of unbranched alkanes of at least 4 members (excludes halogenated alkanes) is 3. The van der Waals surface area contributed by atoms with Crippen molar-refractivity contribution in [3.8, 4) is 0 Å². The summed E-state index contributed by atoms with van der Waals surface area (Å²) in [7, 11) is 0. The molecule has 14 heavy (non-hydrogen) atoms. The summed E-state index contributed by atoms with van der Waals surface area (Å²) in [6, 6.07) is 0. The highest BCUT2D eigenvalue weighted by atomic mass is 79.9. The van der Waals surface area contributed by atoms with Gasteiger partial charge in [0.1, 0.15) is 0 Å². The predicted octanol–water partition coefficient (Wildman–Crippen LogP) is 3.45. The maximum atomic E-state index is 10.4. The molecule has 0 spiro atoms. The third-order valence-corrected chi connectivity index (χ3v) is 2.32. The van der Waals surface area contributed by atoms with E-state index in [1.165, 1.54) is 26.2 Å². The Labute approximate surface area is 94.8 Å². The van der Waals surface area contributed by atoms with Crippen molar-refractivity contribution < 1.29 is 9.53 Å². The van der Waals surface area contributed by atoms with Crippen molar-refractivity contribution in [1.29, 1.82) is 0 Å². The normalized spacial score (nSPS) is 10.7. The standard InChI is InChI=1S/C11H19BrO2/c1-11(13)14-10-8-6-4-2-3-5-7-9-12/h4,6H,2-3,5,7-10H2,1H3/b6-4+. The number of ether oxygens (including phenoxy) is 1. The molecule has 0 aromatic rings. The third kappa shape index (κ3) is 11.7. The smallest absolute Gasteiger partial charge is 0.302 e. The summed E-state index contributed by atoms with van der Waals surface area (Å²) in [5, 5.41) is 1.10. The Hall–Kier alpha value is -0.310. The fraction of sp³-hybridized carbons (Fsp3) is 0.727. The number of halogens is 1. The van der Waals surface area contributed by atoms with Crippen LogP contribution < -0.4 is 0 Å². The predicted molar refractivity (Wildman–Crippen MR) is 62.7 cm³/mol. The highest BCUT2D eigenvalue weighted by molar-refractivity contribution is 9.09. The number of alkyl halides is 1. The first-order chi connectivity index (χ1) is 6.77. The molecule has 3 heteroatoms. The summed E-state index contributed by atoms with van der Waals surface area (Å²) in [5.41, 5.74) is 0. The van der Waals surface area contributed by atoms with Crippen molar-refractivity contribution in [2.45, 2.75) is 39.0 Å². The maximum Gasteiger partial charge on any atom is 0.302 e. The summed E-state index contributed by atoms with van der Waals surface area (Å²) in [5.74, 6) is -0.198. The summed E-state index contributed by atoms with van der Waals surface area (Å²) in [4.78, 5) is 10.4. The Morgan fingerprint density at radius 2 is 1.93 bits per heavy atom. The van der Waals surface area contributed by atoms with Gasteiger partial charge in [-0.3, -0.25) is 4.79 Å². The summed E-state index contributed by atoms with van der Waals surface area (Å²) >= 11 is 3.40. The van der Waals surface area contributed by atoms with Crippen molar-refractivity contribution in [2.75, 3.05) is 11.9 Å². The molecule has 0 saturated heterocycles. The van der Waals surface area contributed by atoms with Gasteiger partial charge in [-0.25, -0.2) is 0 Å². The first kappa shape index (κ1) is 13.7. The summed E-state index contributed by atoms with van der Waals surface area (Å²) in [6.45, 7) is 1.94. The minimum Gasteiger partial charge on any atom is -0.466 e. The maximum absolute atomic E-state index is 10.4. The number of allylic oxidation sites excluding steroid dienone is 1. The Kier molecular flexibility index (Phi) is 10.5. The second kappa shape index (κ2) is 10.8. The number of hydrogen-bond donors (Lipinski definition) is 0. The van der Waals surface area contributed by atoms with E-state index in [0.717, 1.165) is 18.2 Å². The lowest BCUT2D eigenvalue weighted by atomic mass is 10.2. The lowest BCUT2D eigenvalue weighted by molar-refractivity contribution is -0.140. The van der Waals surface area contributed by atoms with Gasteiger partial charge in [0.25, 0.3) is 0 Å². The SMILES string of the molecule is CC(=O)OCC/C=C/CCCCCBr. The molecular weight excluding hydrogens is 244 g/mol. The van der Waals surface area contributed by atoms with E-state index in [1.54, 1.807) is 0 Å². The Balaban J connectivity index is 3.07. The first-order valence-corrected chi connectivity index (χ1v) is 6.24. The van der Waals surface area contributed by atoms with E-state index in [1.807, 2.05) is 0 Å². The third-order valence-electron chi connectivity index (χ3n) is 1.76. The van der Waals surface area contributed by atoms with E-state index in [0.29, 0.717) is 6.61 Å². The van der Waals surface area contributed by atoms with Crippen LogP contribution in [0.2, 0.25) is 0 Å². The number of carbonyl (C=O) groups is 1. The Morgan fingerprint density at radius 3 is 2.57 bits per heavy atom. The zero-order valence-corrected chi connectivity index (χ0v) is 10.4. The molecule has 0 aliphatic rings. The fourth-order valence-electron chi connectivity index (χ4n) is 1.04. The van der Waals surface area contributed by atoms with Gasteiger partial charge in [0, 0.05) is 12.3 Å². The van der Waals surface area contributed by atoms with Crippen molar-refractivity contribution in [1.82, 2.24) is 0 Å². The van der Waals surface area contributed by atoms with Crippen LogP contribution in [0.5, 0.6) is 0 Å². The number of hydrogen-bond acceptors (Lipinski definition) is 2. The average Bonchev–Trinajstić information content (AvgIpc) is 2.15. The molecule has 0 rings (SSSR count). The molecular formula is C11H19BrO2. The molecule has 0 aromatic heterocycles. The molecule has 2 nitrogen and oxygen atoms in total. The van der Waals surface area contributed by atoms with Gasteiger partial charge in [0.15, 0.2) is 0 Å². The molecule has 82 valence electrons. The van der Waals surface area contributed by atoms with Crippen LogP contribution in [0.4, 0.5) is 0 Å². The van der Waals surface area contributed by atoms with Gasteiger partial charge in [0.05, 0.1) is 6.61 Å². The largest absolute Gasteiger partial charge is 0.466 e. The quantitative estimate of drug-likeness (QED) is 0.290. The van der Waals surface area contributed by atoms with Crippen LogP contribution in [0.25, 0.3) is 0 Å². The highest BCUT2D eigenvalue weighted by Crippen LogP contribution is 2.02. The van der Waals surface area contributed by atoms with Gasteiger partial charge in [-0.2, -0.15) is 0 Å². The molecule has 0 N–H and O–H groups in total. The molecule has 0 aliphatic carbocycles. The first-order valence-electron chi connectivity index (χ1n) is 5.11. The lowest BCUT2D eigenvalue weighted by Gasteiger charge is -1.97. The fourth-order valence-corrected chi connectivity index (χ4v) is 1.44. The summed E-state index contributed by atoms with van der Waals surface area (Å²) < 4.78 is 4.79. The van der Waals surface area contributed by atoms with Gasteiger partial charge < -0.3 is 4.74 Å². The number of rotatable bonds is 8. The molecule has 0 unspecified atom stereocenters. The Morgan fingerprint density at radius 1 is 1.21 bits per heavy atom. The van der Waals surface area contributed by atoms with Gasteiger partial charge in [-0.05, 0) is 25.7 Å². The van der Waals surface area contributed by atoms with Crippen LogP contribution in [-0.2, 0) is 9.53 Å². The van der Waals surface area contributed by atoms with E-state index in [9.17, 15) is 4.79 Å². The van der Waals surface area contributed by atoms with E-state index >= 15 is 0 Å². The van der Waals surface area contributed by atoms with Crippen molar-refractivity contribution in [3.05, 3.63) is 12.2 Å². The summed E-state index contributed by atoms with van der Waals surface area (Å²) in [6.07, 6.45) is 9.98. The molecule has 0 fully saturated rings. The topological polar surface area (TPSA) is 26.3 Å². The van der Waals surface area contributed by atoms with Crippen LogP contribution in [0, 0.1) is 0 Å². The monoisotopic (exact) mass is 262 g/mol. The Bertz CT molecular complexity index is 167. The molecule has 0 aromatic carbocycles. The van der Waals surface area contributed by atoms with Crippen LogP contribution in [0.3, 0.4) is 0 Å². The molecule has 0 saturated carbocycles. The van der Waals surface area contributed by atoms with Gasteiger partial charge >= 0.3 is 5.97 Å². The van der Waals surface area contributed by atoms with Gasteiger partial charge in [0.2, 0.25) is 0 Å². The molecule has 0 atom stereocenters. The molecule has 0 bridgehead atoms. The van der Waals surface area contributed by atoms with E-state index in [-0.39, 0.29) is 5.97 Å².